The van der Waals surface area contributed by atoms with E-state index in [1.807, 2.05) is 47.4 Å². The Morgan fingerprint density at radius 1 is 0.844 bits per heavy atom. The molecule has 0 radical (unpaired) electrons. The fourth-order valence-electron chi connectivity index (χ4n) is 3.59. The van der Waals surface area contributed by atoms with Crippen LogP contribution in [0.2, 0.25) is 0 Å². The second kappa shape index (κ2) is 9.88. The molecule has 1 aliphatic heterocycles. The summed E-state index contributed by atoms with van der Waals surface area (Å²) >= 11 is 0. The molecule has 0 unspecified atom stereocenters. The number of carbonyl (C=O) groups excluding carboxylic acids is 1. The van der Waals surface area contributed by atoms with E-state index in [1.165, 1.54) is 4.31 Å². The van der Waals surface area contributed by atoms with Gasteiger partial charge in [0.2, 0.25) is 16.0 Å². The molecular formula is C23H25N5O3S. The molecule has 1 amide bonds. The van der Waals surface area contributed by atoms with E-state index in [2.05, 4.69) is 15.3 Å². The highest BCUT2D eigenvalue weighted by atomic mass is 32.2. The third kappa shape index (κ3) is 5.30. The highest BCUT2D eigenvalue weighted by molar-refractivity contribution is 7.89. The minimum absolute atomic E-state index is 0.0591. The van der Waals surface area contributed by atoms with Crippen LogP contribution in [-0.4, -0.2) is 67.1 Å². The van der Waals surface area contributed by atoms with E-state index >= 15 is 0 Å². The molecule has 32 heavy (non-hydrogen) atoms. The third-order valence-corrected chi connectivity index (χ3v) is 7.24. The first-order valence-electron chi connectivity index (χ1n) is 10.5. The van der Waals surface area contributed by atoms with Gasteiger partial charge in [0.05, 0.1) is 5.75 Å². The number of benzene rings is 2. The van der Waals surface area contributed by atoms with Crippen LogP contribution in [0.5, 0.6) is 0 Å². The summed E-state index contributed by atoms with van der Waals surface area (Å²) in [6, 6.07) is 18.9. The van der Waals surface area contributed by atoms with Crippen molar-refractivity contribution < 1.29 is 13.2 Å². The Hall–Kier alpha value is -3.30. The lowest BCUT2D eigenvalue weighted by molar-refractivity contribution is 0.0956. The molecule has 9 heteroatoms. The van der Waals surface area contributed by atoms with Crippen molar-refractivity contribution in [1.29, 1.82) is 0 Å². The minimum atomic E-state index is -3.46. The van der Waals surface area contributed by atoms with Crippen molar-refractivity contribution in [2.75, 3.05) is 43.4 Å². The Labute approximate surface area is 188 Å². The SMILES string of the molecule is O=C(NCCS(=O)(=O)N1CCN(c2ncccn2)CC1)c1ccc(-c2ccccc2)cc1. The Morgan fingerprint density at radius 3 is 2.12 bits per heavy atom. The van der Waals surface area contributed by atoms with Crippen LogP contribution in [-0.2, 0) is 10.0 Å². The van der Waals surface area contributed by atoms with Gasteiger partial charge in [0.25, 0.3) is 5.91 Å². The Morgan fingerprint density at radius 2 is 1.47 bits per heavy atom. The number of sulfonamides is 1. The van der Waals surface area contributed by atoms with Crippen LogP contribution in [0.1, 0.15) is 10.4 Å². The molecule has 1 fully saturated rings. The second-order valence-electron chi connectivity index (χ2n) is 7.45. The number of anilines is 1. The van der Waals surface area contributed by atoms with E-state index in [9.17, 15) is 13.2 Å². The van der Waals surface area contributed by atoms with Crippen molar-refractivity contribution in [3.8, 4) is 11.1 Å². The number of hydrogen-bond donors (Lipinski definition) is 1. The maximum absolute atomic E-state index is 12.7. The summed E-state index contributed by atoms with van der Waals surface area (Å²) in [5, 5.41) is 2.71. The molecule has 0 aliphatic carbocycles. The van der Waals surface area contributed by atoms with Gasteiger partial charge < -0.3 is 10.2 Å². The van der Waals surface area contributed by atoms with Crippen molar-refractivity contribution >= 4 is 21.9 Å². The predicted octanol–water partition coefficient (Wildman–Crippen LogP) is 2.03. The van der Waals surface area contributed by atoms with Gasteiger partial charge in [-0.25, -0.2) is 18.4 Å². The minimum Gasteiger partial charge on any atom is -0.351 e. The van der Waals surface area contributed by atoms with Crippen LogP contribution < -0.4 is 10.2 Å². The first-order valence-corrected chi connectivity index (χ1v) is 12.1. The van der Waals surface area contributed by atoms with Crippen molar-refractivity contribution in [2.24, 2.45) is 0 Å². The summed E-state index contributed by atoms with van der Waals surface area (Å²) in [5.41, 5.74) is 2.59. The fraction of sp³-hybridized carbons (Fsp3) is 0.261. The van der Waals surface area contributed by atoms with Gasteiger partial charge in [0.1, 0.15) is 0 Å². The quantitative estimate of drug-likeness (QED) is 0.591. The number of nitrogens with zero attached hydrogens (tertiary/aromatic N) is 4. The Kier molecular flexibility index (Phi) is 6.77. The molecule has 1 saturated heterocycles. The van der Waals surface area contributed by atoms with Gasteiger partial charge in [-0.2, -0.15) is 4.31 Å². The number of amides is 1. The molecule has 3 aromatic rings. The van der Waals surface area contributed by atoms with Gasteiger partial charge in [-0.3, -0.25) is 4.79 Å². The Balaban J connectivity index is 1.26. The van der Waals surface area contributed by atoms with E-state index in [0.29, 0.717) is 37.7 Å². The summed E-state index contributed by atoms with van der Waals surface area (Å²) in [7, 11) is -3.46. The zero-order chi connectivity index (χ0) is 22.4. The normalized spacial score (nSPS) is 14.8. The van der Waals surface area contributed by atoms with Gasteiger partial charge >= 0.3 is 0 Å². The average Bonchev–Trinajstić information content (AvgIpc) is 2.85. The smallest absolute Gasteiger partial charge is 0.251 e. The second-order valence-corrected chi connectivity index (χ2v) is 9.54. The van der Waals surface area contributed by atoms with Crippen LogP contribution >= 0.6 is 0 Å². The van der Waals surface area contributed by atoms with Crippen LogP contribution in [0.4, 0.5) is 5.95 Å². The number of aromatic nitrogens is 2. The largest absolute Gasteiger partial charge is 0.351 e. The van der Waals surface area contributed by atoms with Crippen molar-refractivity contribution in [1.82, 2.24) is 19.6 Å². The fourth-order valence-corrected chi connectivity index (χ4v) is 4.93. The number of piperazine rings is 1. The molecule has 1 N–H and O–H groups in total. The molecule has 0 atom stereocenters. The summed E-state index contributed by atoms with van der Waals surface area (Å²) in [4.78, 5) is 22.8. The molecule has 2 aromatic carbocycles. The van der Waals surface area contributed by atoms with E-state index in [-0.39, 0.29) is 18.2 Å². The van der Waals surface area contributed by atoms with Crippen molar-refractivity contribution in [3.05, 3.63) is 78.6 Å². The topological polar surface area (TPSA) is 95.5 Å². The van der Waals surface area contributed by atoms with Gasteiger partial charge in [0, 0.05) is 50.7 Å². The van der Waals surface area contributed by atoms with Crippen LogP contribution in [0.25, 0.3) is 11.1 Å². The molecule has 0 bridgehead atoms. The lowest BCUT2D eigenvalue weighted by atomic mass is 10.0. The lowest BCUT2D eigenvalue weighted by Gasteiger charge is -2.33. The van der Waals surface area contributed by atoms with Crippen molar-refractivity contribution in [2.45, 2.75) is 0 Å². The Bertz CT molecular complexity index is 1130. The van der Waals surface area contributed by atoms with E-state index in [1.54, 1.807) is 30.6 Å². The molecule has 0 spiro atoms. The molecular weight excluding hydrogens is 426 g/mol. The molecule has 1 aliphatic rings. The highest BCUT2D eigenvalue weighted by Crippen LogP contribution is 2.19. The summed E-state index contributed by atoms with van der Waals surface area (Å²) in [6.45, 7) is 1.86. The van der Waals surface area contributed by atoms with Gasteiger partial charge in [-0.15, -0.1) is 0 Å². The van der Waals surface area contributed by atoms with Gasteiger partial charge in [-0.05, 0) is 29.3 Å². The molecule has 0 saturated carbocycles. The molecule has 8 nitrogen and oxygen atoms in total. The third-order valence-electron chi connectivity index (χ3n) is 5.37. The zero-order valence-corrected chi connectivity index (χ0v) is 18.4. The zero-order valence-electron chi connectivity index (χ0n) is 17.6. The highest BCUT2D eigenvalue weighted by Gasteiger charge is 2.27. The van der Waals surface area contributed by atoms with Gasteiger partial charge in [0.15, 0.2) is 0 Å². The van der Waals surface area contributed by atoms with Gasteiger partial charge in [-0.1, -0.05) is 42.5 Å². The van der Waals surface area contributed by atoms with E-state index in [4.69, 9.17) is 0 Å². The molecule has 2 heterocycles. The maximum atomic E-state index is 12.7. The monoisotopic (exact) mass is 451 g/mol. The van der Waals surface area contributed by atoms with Crippen LogP contribution in [0.3, 0.4) is 0 Å². The first-order chi connectivity index (χ1) is 15.5. The summed E-state index contributed by atoms with van der Waals surface area (Å²) in [5.74, 6) is 0.184. The molecule has 166 valence electrons. The van der Waals surface area contributed by atoms with Crippen LogP contribution in [0, 0.1) is 0 Å². The molecule has 1 aromatic heterocycles. The van der Waals surface area contributed by atoms with Crippen LogP contribution in [0.15, 0.2) is 73.1 Å². The van der Waals surface area contributed by atoms with E-state index < -0.39 is 10.0 Å². The molecule has 4 rings (SSSR count). The number of nitrogens with one attached hydrogen (secondary N) is 1. The number of rotatable bonds is 7. The summed E-state index contributed by atoms with van der Waals surface area (Å²) < 4.78 is 26.8. The van der Waals surface area contributed by atoms with Crippen molar-refractivity contribution in [3.63, 3.8) is 0 Å². The van der Waals surface area contributed by atoms with E-state index in [0.717, 1.165) is 11.1 Å². The average molecular weight is 452 g/mol. The maximum Gasteiger partial charge on any atom is 0.251 e. The number of hydrogen-bond acceptors (Lipinski definition) is 6. The number of carbonyl (C=O) groups is 1. The standard InChI is InChI=1S/C23H25N5O3S/c29-22(21-9-7-20(8-10-21)19-5-2-1-3-6-19)24-13-18-32(30,31)28-16-14-27(15-17-28)23-25-11-4-12-26-23/h1-12H,13-18H2,(H,24,29). The first kappa shape index (κ1) is 21.9. The summed E-state index contributed by atoms with van der Waals surface area (Å²) in [6.07, 6.45) is 3.34. The predicted molar refractivity (Wildman–Crippen MR) is 124 cm³/mol. The lowest BCUT2D eigenvalue weighted by Crippen LogP contribution is -2.50.